The van der Waals surface area contributed by atoms with Crippen molar-refractivity contribution in [1.82, 2.24) is 10.0 Å². The highest BCUT2D eigenvalue weighted by molar-refractivity contribution is 7.89. The first kappa shape index (κ1) is 16.4. The minimum atomic E-state index is -4.02. The molecule has 0 heterocycles. The molecule has 0 radical (unpaired) electrons. The van der Waals surface area contributed by atoms with Crippen molar-refractivity contribution in [1.29, 1.82) is 0 Å². The molecule has 20 heavy (non-hydrogen) atoms. The molecule has 8 heteroatoms. The van der Waals surface area contributed by atoms with E-state index in [4.69, 9.17) is 5.73 Å². The van der Waals surface area contributed by atoms with Crippen molar-refractivity contribution < 1.29 is 17.6 Å². The van der Waals surface area contributed by atoms with Crippen LogP contribution in [0.5, 0.6) is 0 Å². The third-order valence-electron chi connectivity index (χ3n) is 2.43. The van der Waals surface area contributed by atoms with Gasteiger partial charge in [0, 0.05) is 6.54 Å². The number of carbonyl (C=O) groups is 1. The van der Waals surface area contributed by atoms with Gasteiger partial charge in [0.25, 0.3) is 0 Å². The number of carbonyl (C=O) groups excluding carboxylic acids is 1. The Balaban J connectivity index is 2.71. The first-order valence-corrected chi connectivity index (χ1v) is 7.52. The standard InChI is InChI=1S/C12H18FN3O3S/c1-8(2)6-15-11(17)7-16-20(18,19)10-5-3-4-9(13)12(10)14/h3-5,8,16H,6-7,14H2,1-2H3,(H,15,17). The molecule has 0 saturated heterocycles. The van der Waals surface area contributed by atoms with Gasteiger partial charge in [0.05, 0.1) is 12.2 Å². The molecule has 0 saturated carbocycles. The van der Waals surface area contributed by atoms with Gasteiger partial charge in [0.15, 0.2) is 0 Å². The average Bonchev–Trinajstić information content (AvgIpc) is 2.37. The zero-order chi connectivity index (χ0) is 15.3. The third-order valence-corrected chi connectivity index (χ3v) is 3.89. The Morgan fingerprint density at radius 2 is 2.05 bits per heavy atom. The molecule has 0 atom stereocenters. The predicted molar refractivity (Wildman–Crippen MR) is 73.8 cm³/mol. The minimum absolute atomic E-state index is 0.259. The molecular formula is C12H18FN3O3S. The number of sulfonamides is 1. The van der Waals surface area contributed by atoms with E-state index in [2.05, 4.69) is 10.0 Å². The van der Waals surface area contributed by atoms with Crippen molar-refractivity contribution in [2.45, 2.75) is 18.7 Å². The lowest BCUT2D eigenvalue weighted by molar-refractivity contribution is -0.120. The molecule has 0 spiro atoms. The molecule has 1 aromatic carbocycles. The summed E-state index contributed by atoms with van der Waals surface area (Å²) in [5, 5.41) is 2.56. The number of rotatable bonds is 6. The zero-order valence-corrected chi connectivity index (χ0v) is 12.1. The summed E-state index contributed by atoms with van der Waals surface area (Å²) in [6, 6.07) is 3.47. The van der Waals surface area contributed by atoms with Crippen molar-refractivity contribution in [3.63, 3.8) is 0 Å². The van der Waals surface area contributed by atoms with Crippen LogP contribution in [0.25, 0.3) is 0 Å². The number of nitrogens with two attached hydrogens (primary N) is 1. The van der Waals surface area contributed by atoms with Crippen LogP contribution in [-0.2, 0) is 14.8 Å². The Labute approximate surface area is 117 Å². The van der Waals surface area contributed by atoms with E-state index >= 15 is 0 Å². The van der Waals surface area contributed by atoms with Crippen LogP contribution in [0.15, 0.2) is 23.1 Å². The minimum Gasteiger partial charge on any atom is -0.395 e. The smallest absolute Gasteiger partial charge is 0.243 e. The van der Waals surface area contributed by atoms with Crippen LogP contribution >= 0.6 is 0 Å². The van der Waals surface area contributed by atoms with Crippen LogP contribution in [-0.4, -0.2) is 27.4 Å². The average molecular weight is 303 g/mol. The van der Waals surface area contributed by atoms with Gasteiger partial charge in [0.2, 0.25) is 15.9 Å². The fraction of sp³-hybridized carbons (Fsp3) is 0.417. The Morgan fingerprint density at radius 1 is 1.40 bits per heavy atom. The molecular weight excluding hydrogens is 285 g/mol. The van der Waals surface area contributed by atoms with Gasteiger partial charge in [0.1, 0.15) is 10.7 Å². The second-order valence-electron chi connectivity index (χ2n) is 4.67. The number of anilines is 1. The van der Waals surface area contributed by atoms with Crippen LogP contribution in [0.3, 0.4) is 0 Å². The number of hydrogen-bond acceptors (Lipinski definition) is 4. The maximum absolute atomic E-state index is 13.2. The van der Waals surface area contributed by atoms with Crippen LogP contribution in [0.2, 0.25) is 0 Å². The number of benzene rings is 1. The maximum Gasteiger partial charge on any atom is 0.243 e. The second-order valence-corrected chi connectivity index (χ2v) is 6.41. The normalized spacial score (nSPS) is 11.6. The highest BCUT2D eigenvalue weighted by Crippen LogP contribution is 2.20. The van der Waals surface area contributed by atoms with Gasteiger partial charge in [-0.1, -0.05) is 19.9 Å². The van der Waals surface area contributed by atoms with Crippen molar-refractivity contribution in [2.75, 3.05) is 18.8 Å². The molecule has 0 unspecified atom stereocenters. The van der Waals surface area contributed by atoms with Crippen LogP contribution < -0.4 is 15.8 Å². The number of nitrogen functional groups attached to an aromatic ring is 1. The van der Waals surface area contributed by atoms with Crippen LogP contribution in [0.4, 0.5) is 10.1 Å². The van der Waals surface area contributed by atoms with E-state index in [1.165, 1.54) is 12.1 Å². The summed E-state index contributed by atoms with van der Waals surface area (Å²) in [7, 11) is -4.02. The maximum atomic E-state index is 13.2. The molecule has 0 aromatic heterocycles. The molecule has 1 rings (SSSR count). The fourth-order valence-corrected chi connectivity index (χ4v) is 2.49. The molecule has 1 aromatic rings. The molecule has 4 N–H and O–H groups in total. The van der Waals surface area contributed by atoms with Crippen molar-refractivity contribution in [2.24, 2.45) is 5.92 Å². The van der Waals surface area contributed by atoms with Crippen molar-refractivity contribution >= 4 is 21.6 Å². The number of nitrogens with one attached hydrogen (secondary N) is 2. The molecule has 0 aliphatic carbocycles. The largest absolute Gasteiger partial charge is 0.395 e. The fourth-order valence-electron chi connectivity index (χ4n) is 1.37. The highest BCUT2D eigenvalue weighted by atomic mass is 32.2. The summed E-state index contributed by atoms with van der Waals surface area (Å²) >= 11 is 0. The van der Waals surface area contributed by atoms with Gasteiger partial charge in [-0.15, -0.1) is 0 Å². The lowest BCUT2D eigenvalue weighted by Crippen LogP contribution is -2.38. The number of amides is 1. The van der Waals surface area contributed by atoms with Gasteiger partial charge >= 0.3 is 0 Å². The van der Waals surface area contributed by atoms with Gasteiger partial charge in [-0.2, -0.15) is 0 Å². The Kier molecular flexibility index (Phi) is 5.46. The molecule has 0 aliphatic rings. The summed E-state index contributed by atoms with van der Waals surface area (Å²) in [4.78, 5) is 11.1. The molecule has 6 nitrogen and oxygen atoms in total. The van der Waals surface area contributed by atoms with E-state index in [-0.39, 0.29) is 10.8 Å². The van der Waals surface area contributed by atoms with E-state index in [1.807, 2.05) is 13.8 Å². The van der Waals surface area contributed by atoms with Crippen molar-refractivity contribution in [3.8, 4) is 0 Å². The zero-order valence-electron chi connectivity index (χ0n) is 11.3. The predicted octanol–water partition coefficient (Wildman–Crippen LogP) is 0.458. The Hall–Kier alpha value is -1.67. The summed E-state index contributed by atoms with van der Waals surface area (Å²) in [6.45, 7) is 3.85. The summed E-state index contributed by atoms with van der Waals surface area (Å²) in [5.74, 6) is -1.02. The molecule has 1 amide bonds. The Morgan fingerprint density at radius 3 is 2.65 bits per heavy atom. The van der Waals surface area contributed by atoms with Crippen molar-refractivity contribution in [3.05, 3.63) is 24.0 Å². The molecule has 0 aliphatic heterocycles. The number of halogens is 1. The monoisotopic (exact) mass is 303 g/mol. The Bertz CT molecular complexity index is 588. The first-order chi connectivity index (χ1) is 9.24. The first-order valence-electron chi connectivity index (χ1n) is 6.04. The van der Waals surface area contributed by atoms with E-state index in [0.717, 1.165) is 6.07 Å². The van der Waals surface area contributed by atoms with Crippen LogP contribution in [0.1, 0.15) is 13.8 Å². The second kappa shape index (κ2) is 6.67. The van der Waals surface area contributed by atoms with E-state index < -0.39 is 34.0 Å². The van der Waals surface area contributed by atoms with Gasteiger partial charge in [-0.3, -0.25) is 4.79 Å². The van der Waals surface area contributed by atoms with E-state index in [1.54, 1.807) is 0 Å². The lowest BCUT2D eigenvalue weighted by Gasteiger charge is -2.10. The van der Waals surface area contributed by atoms with Gasteiger partial charge in [-0.25, -0.2) is 17.5 Å². The topological polar surface area (TPSA) is 101 Å². The summed E-state index contributed by atoms with van der Waals surface area (Å²) in [6.07, 6.45) is 0. The lowest BCUT2D eigenvalue weighted by atomic mass is 10.2. The van der Waals surface area contributed by atoms with E-state index in [0.29, 0.717) is 6.54 Å². The number of hydrogen-bond donors (Lipinski definition) is 3. The summed E-state index contributed by atoms with van der Waals surface area (Å²) in [5.41, 5.74) is 4.91. The molecule has 0 fully saturated rings. The SMILES string of the molecule is CC(C)CNC(=O)CNS(=O)(=O)c1cccc(F)c1N. The highest BCUT2D eigenvalue weighted by Gasteiger charge is 2.20. The molecule has 112 valence electrons. The quantitative estimate of drug-likeness (QED) is 0.664. The molecule has 0 bridgehead atoms. The summed E-state index contributed by atoms with van der Waals surface area (Å²) < 4.78 is 39.1. The van der Waals surface area contributed by atoms with E-state index in [9.17, 15) is 17.6 Å². The third kappa shape index (κ3) is 4.46. The number of para-hydroxylation sites is 1. The van der Waals surface area contributed by atoms with Crippen LogP contribution in [0, 0.1) is 11.7 Å². The van der Waals surface area contributed by atoms with Gasteiger partial charge in [-0.05, 0) is 18.1 Å². The van der Waals surface area contributed by atoms with Gasteiger partial charge < -0.3 is 11.1 Å².